The molecule has 0 atom stereocenters. The molecule has 0 saturated heterocycles. The van der Waals surface area contributed by atoms with Gasteiger partial charge >= 0.3 is 0 Å². The summed E-state index contributed by atoms with van der Waals surface area (Å²) in [5.41, 5.74) is 1.91. The quantitative estimate of drug-likeness (QED) is 0.708. The lowest BCUT2D eigenvalue weighted by Gasteiger charge is -2.13. The summed E-state index contributed by atoms with van der Waals surface area (Å²) in [7, 11) is 5.59. The van der Waals surface area contributed by atoms with Crippen molar-refractivity contribution in [2.24, 2.45) is 0 Å². The van der Waals surface area contributed by atoms with Gasteiger partial charge in [0.1, 0.15) is 0 Å². The number of nitrogens with one attached hydrogen (secondary N) is 2. The van der Waals surface area contributed by atoms with E-state index in [1.165, 1.54) is 0 Å². The third-order valence-corrected chi connectivity index (χ3v) is 2.44. The van der Waals surface area contributed by atoms with Crippen LogP contribution in [0.15, 0.2) is 24.3 Å². The molecule has 0 aromatic heterocycles. The zero-order valence-corrected chi connectivity index (χ0v) is 11.2. The van der Waals surface area contributed by atoms with Gasteiger partial charge in [-0.2, -0.15) is 0 Å². The number of hydrogen-bond donors (Lipinski definition) is 2. The zero-order chi connectivity index (χ0) is 13.4. The van der Waals surface area contributed by atoms with Gasteiger partial charge in [-0.25, -0.2) is 0 Å². The number of hydrogen-bond acceptors (Lipinski definition) is 4. The van der Waals surface area contributed by atoms with Crippen LogP contribution in [0.2, 0.25) is 0 Å². The summed E-state index contributed by atoms with van der Waals surface area (Å²) >= 11 is 0. The molecule has 2 N–H and O–H groups in total. The average Bonchev–Trinajstić information content (AvgIpc) is 2.35. The van der Waals surface area contributed by atoms with Crippen LogP contribution >= 0.6 is 0 Å². The second-order valence-electron chi connectivity index (χ2n) is 4.16. The molecule has 0 fully saturated rings. The highest BCUT2D eigenvalue weighted by atomic mass is 16.5. The molecule has 0 heterocycles. The van der Waals surface area contributed by atoms with Crippen LogP contribution in [0.1, 0.15) is 0 Å². The number of methoxy groups -OCH3 is 1. The normalized spacial score (nSPS) is 10.2. The fraction of sp³-hybridized carbons (Fsp3) is 0.462. The standard InChI is InChI=1S/C13H21N3O2/c1-16(2)12-6-4-11(5-7-12)15-13(17)10-14-8-9-18-3/h4-7,14H,8-10H2,1-3H3,(H,15,17). The van der Waals surface area contributed by atoms with Crippen LogP contribution in [0.25, 0.3) is 0 Å². The third kappa shape index (κ3) is 5.16. The van der Waals surface area contributed by atoms with E-state index in [9.17, 15) is 4.79 Å². The third-order valence-electron chi connectivity index (χ3n) is 2.44. The fourth-order valence-electron chi connectivity index (χ4n) is 1.42. The summed E-state index contributed by atoms with van der Waals surface area (Å²) in [5.74, 6) is -0.0521. The Bertz CT molecular complexity index is 363. The van der Waals surface area contributed by atoms with E-state index in [0.717, 1.165) is 11.4 Å². The minimum Gasteiger partial charge on any atom is -0.383 e. The van der Waals surface area contributed by atoms with Crippen molar-refractivity contribution in [3.63, 3.8) is 0 Å². The van der Waals surface area contributed by atoms with Crippen LogP contribution in [0, 0.1) is 0 Å². The number of carbonyl (C=O) groups is 1. The van der Waals surface area contributed by atoms with Crippen molar-refractivity contribution in [2.45, 2.75) is 0 Å². The van der Waals surface area contributed by atoms with Crippen molar-refractivity contribution in [1.29, 1.82) is 0 Å². The molecular weight excluding hydrogens is 230 g/mol. The van der Waals surface area contributed by atoms with E-state index in [1.54, 1.807) is 7.11 Å². The number of ether oxygens (including phenoxy) is 1. The van der Waals surface area contributed by atoms with E-state index in [1.807, 2.05) is 43.3 Å². The van der Waals surface area contributed by atoms with Gasteiger partial charge < -0.3 is 20.3 Å². The smallest absolute Gasteiger partial charge is 0.238 e. The number of nitrogens with zero attached hydrogens (tertiary/aromatic N) is 1. The Kier molecular flexibility index (Phi) is 6.18. The van der Waals surface area contributed by atoms with Crippen molar-refractivity contribution in [3.05, 3.63) is 24.3 Å². The minimum atomic E-state index is -0.0521. The van der Waals surface area contributed by atoms with E-state index in [4.69, 9.17) is 4.74 Å². The average molecular weight is 251 g/mol. The number of anilines is 2. The summed E-state index contributed by atoms with van der Waals surface area (Å²) in [6, 6.07) is 7.71. The Balaban J connectivity index is 2.35. The maximum Gasteiger partial charge on any atom is 0.238 e. The second kappa shape index (κ2) is 7.68. The highest BCUT2D eigenvalue weighted by Crippen LogP contribution is 2.15. The largest absolute Gasteiger partial charge is 0.383 e. The van der Waals surface area contributed by atoms with Crippen LogP contribution in [0.5, 0.6) is 0 Å². The van der Waals surface area contributed by atoms with E-state index in [2.05, 4.69) is 10.6 Å². The maximum absolute atomic E-state index is 11.6. The monoisotopic (exact) mass is 251 g/mol. The van der Waals surface area contributed by atoms with Crippen molar-refractivity contribution < 1.29 is 9.53 Å². The number of rotatable bonds is 7. The number of carbonyl (C=O) groups excluding carboxylic acids is 1. The Hall–Kier alpha value is -1.59. The van der Waals surface area contributed by atoms with Gasteiger partial charge in [0.2, 0.25) is 5.91 Å². The van der Waals surface area contributed by atoms with Gasteiger partial charge in [-0.3, -0.25) is 4.79 Å². The molecule has 0 aliphatic carbocycles. The molecule has 18 heavy (non-hydrogen) atoms. The molecule has 0 spiro atoms. The molecule has 0 radical (unpaired) electrons. The molecule has 0 aliphatic rings. The first-order valence-corrected chi connectivity index (χ1v) is 5.90. The number of benzene rings is 1. The Morgan fingerprint density at radius 2 is 1.94 bits per heavy atom. The molecule has 0 aliphatic heterocycles. The van der Waals surface area contributed by atoms with E-state index < -0.39 is 0 Å². The van der Waals surface area contributed by atoms with E-state index >= 15 is 0 Å². The van der Waals surface area contributed by atoms with Gasteiger partial charge in [0, 0.05) is 39.1 Å². The van der Waals surface area contributed by atoms with Gasteiger partial charge in [0.25, 0.3) is 0 Å². The van der Waals surface area contributed by atoms with Crippen molar-refractivity contribution >= 4 is 17.3 Å². The molecule has 0 bridgehead atoms. The van der Waals surface area contributed by atoms with Gasteiger partial charge in [0.05, 0.1) is 13.2 Å². The Morgan fingerprint density at radius 1 is 1.28 bits per heavy atom. The van der Waals surface area contributed by atoms with Crippen molar-refractivity contribution in [3.8, 4) is 0 Å². The van der Waals surface area contributed by atoms with Crippen molar-refractivity contribution in [2.75, 3.05) is 51.1 Å². The lowest BCUT2D eigenvalue weighted by molar-refractivity contribution is -0.115. The molecule has 5 heteroatoms. The SMILES string of the molecule is COCCNCC(=O)Nc1ccc(N(C)C)cc1. The van der Waals surface area contributed by atoms with Crippen LogP contribution in [0.3, 0.4) is 0 Å². The Morgan fingerprint density at radius 3 is 2.50 bits per heavy atom. The molecule has 100 valence electrons. The van der Waals surface area contributed by atoms with Crippen LogP contribution in [-0.4, -0.2) is 46.8 Å². The summed E-state index contributed by atoms with van der Waals surface area (Å²) in [5, 5.41) is 5.81. The Labute approximate surface area is 108 Å². The molecule has 1 amide bonds. The van der Waals surface area contributed by atoms with Crippen LogP contribution < -0.4 is 15.5 Å². The topological polar surface area (TPSA) is 53.6 Å². The molecule has 1 aromatic rings. The minimum absolute atomic E-state index is 0.0521. The molecular formula is C13H21N3O2. The van der Waals surface area contributed by atoms with E-state index in [-0.39, 0.29) is 5.91 Å². The number of amides is 1. The van der Waals surface area contributed by atoms with Crippen LogP contribution in [-0.2, 0) is 9.53 Å². The first-order valence-electron chi connectivity index (χ1n) is 5.90. The van der Waals surface area contributed by atoms with Crippen LogP contribution in [0.4, 0.5) is 11.4 Å². The predicted octanol–water partition coefficient (Wildman–Crippen LogP) is 0.927. The predicted molar refractivity (Wildman–Crippen MR) is 74.1 cm³/mol. The molecule has 1 aromatic carbocycles. The van der Waals surface area contributed by atoms with Gasteiger partial charge in [-0.1, -0.05) is 0 Å². The maximum atomic E-state index is 11.6. The highest BCUT2D eigenvalue weighted by molar-refractivity contribution is 5.92. The van der Waals surface area contributed by atoms with Gasteiger partial charge in [0.15, 0.2) is 0 Å². The van der Waals surface area contributed by atoms with Gasteiger partial charge in [-0.05, 0) is 24.3 Å². The zero-order valence-electron chi connectivity index (χ0n) is 11.2. The molecule has 0 saturated carbocycles. The van der Waals surface area contributed by atoms with Crippen molar-refractivity contribution in [1.82, 2.24) is 5.32 Å². The first-order chi connectivity index (χ1) is 8.63. The van der Waals surface area contributed by atoms with E-state index in [0.29, 0.717) is 19.7 Å². The van der Waals surface area contributed by atoms with Gasteiger partial charge in [-0.15, -0.1) is 0 Å². The summed E-state index contributed by atoms with van der Waals surface area (Å²) < 4.78 is 4.88. The molecule has 0 unspecified atom stereocenters. The lowest BCUT2D eigenvalue weighted by atomic mass is 10.2. The summed E-state index contributed by atoms with van der Waals surface area (Å²) in [4.78, 5) is 13.6. The molecule has 5 nitrogen and oxygen atoms in total. The lowest BCUT2D eigenvalue weighted by Crippen LogP contribution is -2.30. The second-order valence-corrected chi connectivity index (χ2v) is 4.16. The highest BCUT2D eigenvalue weighted by Gasteiger charge is 2.02. The summed E-state index contributed by atoms with van der Waals surface area (Å²) in [6.45, 7) is 1.56. The summed E-state index contributed by atoms with van der Waals surface area (Å²) in [6.07, 6.45) is 0. The fourth-order valence-corrected chi connectivity index (χ4v) is 1.42. The molecule has 1 rings (SSSR count). The first kappa shape index (κ1) is 14.5.